The molecule has 0 spiro atoms. The molecular formula is C26H25ClF3N5OS. The van der Waals surface area contributed by atoms with E-state index in [1.165, 1.54) is 12.1 Å². The van der Waals surface area contributed by atoms with Crippen LogP contribution in [0.15, 0.2) is 53.8 Å². The first kappa shape index (κ1) is 25.8. The van der Waals surface area contributed by atoms with Crippen molar-refractivity contribution in [3.63, 3.8) is 0 Å². The molecule has 0 bridgehead atoms. The lowest BCUT2D eigenvalue weighted by molar-refractivity contribution is -0.140. The molecule has 3 heterocycles. The Morgan fingerprint density at radius 1 is 1.14 bits per heavy atom. The highest BCUT2D eigenvalue weighted by Crippen LogP contribution is 2.35. The van der Waals surface area contributed by atoms with Crippen LogP contribution >= 0.6 is 23.4 Å². The first-order chi connectivity index (χ1) is 17.8. The number of carbonyl (C=O) groups excluding carboxylic acids is 1. The second-order valence-electron chi connectivity index (χ2n) is 9.32. The molecule has 6 nitrogen and oxygen atoms in total. The van der Waals surface area contributed by atoms with Crippen molar-refractivity contribution >= 4 is 50.9 Å². The van der Waals surface area contributed by atoms with Gasteiger partial charge in [0.25, 0.3) is 0 Å². The number of aliphatic imine (C=N–C) groups is 1. The topological polar surface area (TPSA) is 79.3 Å². The molecule has 11 heteroatoms. The number of amides is 1. The third-order valence-corrected chi connectivity index (χ3v) is 8.03. The van der Waals surface area contributed by atoms with Crippen molar-refractivity contribution in [2.45, 2.75) is 43.9 Å². The van der Waals surface area contributed by atoms with Gasteiger partial charge in [-0.15, -0.1) is 11.8 Å². The van der Waals surface area contributed by atoms with E-state index in [4.69, 9.17) is 11.6 Å². The minimum Gasteiger partial charge on any atom is -0.384 e. The molecule has 2 N–H and O–H groups in total. The molecule has 2 aromatic heterocycles. The Morgan fingerprint density at radius 3 is 2.68 bits per heavy atom. The predicted octanol–water partition coefficient (Wildman–Crippen LogP) is 5.95. The quantitative estimate of drug-likeness (QED) is 0.398. The van der Waals surface area contributed by atoms with Gasteiger partial charge in [-0.25, -0.2) is 4.98 Å². The molecular weight excluding hydrogens is 523 g/mol. The normalized spacial score (nSPS) is 22.1. The van der Waals surface area contributed by atoms with E-state index in [0.29, 0.717) is 28.4 Å². The van der Waals surface area contributed by atoms with Crippen LogP contribution in [0.25, 0.3) is 10.9 Å². The van der Waals surface area contributed by atoms with E-state index in [-0.39, 0.29) is 23.4 Å². The van der Waals surface area contributed by atoms with Gasteiger partial charge in [0.1, 0.15) is 16.8 Å². The number of pyridine rings is 2. The van der Waals surface area contributed by atoms with Gasteiger partial charge in [-0.3, -0.25) is 14.8 Å². The first-order valence-electron chi connectivity index (χ1n) is 12.1. The van der Waals surface area contributed by atoms with Gasteiger partial charge >= 0.3 is 6.18 Å². The van der Waals surface area contributed by atoms with Crippen molar-refractivity contribution in [1.82, 2.24) is 15.3 Å². The summed E-state index contributed by atoms with van der Waals surface area (Å²) >= 11 is 7.65. The van der Waals surface area contributed by atoms with Crippen LogP contribution in [-0.4, -0.2) is 45.3 Å². The molecule has 1 aliphatic heterocycles. The van der Waals surface area contributed by atoms with Crippen molar-refractivity contribution in [2.75, 3.05) is 17.6 Å². The van der Waals surface area contributed by atoms with Gasteiger partial charge in [0.15, 0.2) is 0 Å². The Bertz CT molecular complexity index is 1310. The zero-order valence-electron chi connectivity index (χ0n) is 19.8. The summed E-state index contributed by atoms with van der Waals surface area (Å²) in [6.45, 7) is 0.529. The highest BCUT2D eigenvalue weighted by atomic mass is 35.5. The molecule has 1 fully saturated rings. The van der Waals surface area contributed by atoms with E-state index in [9.17, 15) is 18.0 Å². The third kappa shape index (κ3) is 6.18. The summed E-state index contributed by atoms with van der Waals surface area (Å²) in [5.41, 5.74) is 0.599. The lowest BCUT2D eigenvalue weighted by atomic mass is 9.86. The first-order valence-corrected chi connectivity index (χ1v) is 13.5. The average Bonchev–Trinajstić information content (AvgIpc) is 3.39. The van der Waals surface area contributed by atoms with E-state index in [1.54, 1.807) is 30.2 Å². The van der Waals surface area contributed by atoms with E-state index >= 15 is 0 Å². The number of hydrogen-bond acceptors (Lipinski definition) is 6. The summed E-state index contributed by atoms with van der Waals surface area (Å²) in [7, 11) is 0. The molecule has 3 aromatic rings. The van der Waals surface area contributed by atoms with Crippen molar-refractivity contribution in [1.29, 1.82) is 0 Å². The van der Waals surface area contributed by atoms with Crippen molar-refractivity contribution in [3.8, 4) is 0 Å². The van der Waals surface area contributed by atoms with Crippen LogP contribution in [0.4, 0.5) is 18.9 Å². The number of hydrogen-bond donors (Lipinski definition) is 2. The van der Waals surface area contributed by atoms with Crippen LogP contribution < -0.4 is 10.6 Å². The van der Waals surface area contributed by atoms with Gasteiger partial charge in [-0.2, -0.15) is 13.2 Å². The number of carbonyl (C=O) groups is 1. The van der Waals surface area contributed by atoms with Crippen LogP contribution in [0, 0.1) is 5.92 Å². The molecule has 37 heavy (non-hydrogen) atoms. The number of halogens is 4. The minimum absolute atomic E-state index is 0.0622. The van der Waals surface area contributed by atoms with Crippen molar-refractivity contribution < 1.29 is 18.0 Å². The Hall–Kier alpha value is -2.85. The maximum Gasteiger partial charge on any atom is 0.433 e. The maximum atomic E-state index is 13.4. The zero-order valence-corrected chi connectivity index (χ0v) is 21.3. The van der Waals surface area contributed by atoms with Crippen LogP contribution in [0.3, 0.4) is 0 Å². The maximum absolute atomic E-state index is 13.4. The molecule has 2 aliphatic rings. The highest BCUT2D eigenvalue weighted by molar-refractivity contribution is 8.14. The Labute approximate surface area is 221 Å². The fourth-order valence-corrected chi connectivity index (χ4v) is 5.91. The smallest absolute Gasteiger partial charge is 0.384 e. The van der Waals surface area contributed by atoms with Gasteiger partial charge in [-0.1, -0.05) is 11.6 Å². The highest BCUT2D eigenvalue weighted by Gasteiger charge is 2.34. The van der Waals surface area contributed by atoms with Crippen LogP contribution in [0.2, 0.25) is 5.02 Å². The molecule has 0 saturated heterocycles. The third-order valence-electron chi connectivity index (χ3n) is 6.70. The van der Waals surface area contributed by atoms with E-state index in [2.05, 4.69) is 25.6 Å². The second kappa shape index (κ2) is 10.9. The lowest BCUT2D eigenvalue weighted by Gasteiger charge is -2.30. The number of alkyl halides is 3. The SMILES string of the molecule is O=C(NC1CCC(CNc2cc(C(F)(F)F)nc3ccc(Cl)cc23)CC1)C1CSC(c2cccnc2)=N1. The van der Waals surface area contributed by atoms with Crippen molar-refractivity contribution in [2.24, 2.45) is 10.9 Å². The standard InChI is InChI=1S/C26H25ClF3N5OS/c27-17-5-8-20-19(10-17)21(11-23(34-20)26(28,29)30)32-12-15-3-6-18(7-4-15)33-24(36)22-14-37-25(35-22)16-2-1-9-31-13-16/h1-2,5,8-11,13,15,18,22H,3-4,6-7,12,14H2,(H,32,34)(H,33,36). The molecule has 1 aliphatic carbocycles. The Morgan fingerprint density at radius 2 is 1.95 bits per heavy atom. The second-order valence-corrected chi connectivity index (χ2v) is 10.8. The number of fused-ring (bicyclic) bond motifs is 1. The number of thioether (sulfide) groups is 1. The van der Waals surface area contributed by atoms with Crippen LogP contribution in [0.1, 0.15) is 36.9 Å². The Kier molecular flexibility index (Phi) is 7.57. The van der Waals surface area contributed by atoms with Gasteiger partial charge in [0.05, 0.1) is 5.52 Å². The molecule has 1 unspecified atom stereocenters. The summed E-state index contributed by atoms with van der Waals surface area (Å²) in [5, 5.41) is 8.17. The number of benzene rings is 1. The van der Waals surface area contributed by atoms with Crippen LogP contribution in [-0.2, 0) is 11.0 Å². The minimum atomic E-state index is -4.54. The summed E-state index contributed by atoms with van der Waals surface area (Å²) in [6.07, 6.45) is 2.25. The van der Waals surface area contributed by atoms with Crippen molar-refractivity contribution in [3.05, 3.63) is 65.1 Å². The fraction of sp³-hybridized carbons (Fsp3) is 0.385. The molecule has 1 saturated carbocycles. The monoisotopic (exact) mass is 547 g/mol. The van der Waals surface area contributed by atoms with Crippen LogP contribution in [0.5, 0.6) is 0 Å². The van der Waals surface area contributed by atoms with E-state index < -0.39 is 17.9 Å². The number of nitrogens with one attached hydrogen (secondary N) is 2. The lowest BCUT2D eigenvalue weighted by Crippen LogP contribution is -2.43. The number of nitrogens with zero attached hydrogens (tertiary/aromatic N) is 3. The molecule has 1 atom stereocenters. The number of anilines is 1. The van der Waals surface area contributed by atoms with E-state index in [0.717, 1.165) is 42.4 Å². The summed E-state index contributed by atoms with van der Waals surface area (Å²) in [5.74, 6) is 0.828. The summed E-state index contributed by atoms with van der Waals surface area (Å²) in [4.78, 5) is 25.2. The zero-order chi connectivity index (χ0) is 26.0. The molecule has 1 aromatic carbocycles. The van der Waals surface area contributed by atoms with E-state index in [1.807, 2.05) is 12.1 Å². The average molecular weight is 548 g/mol. The molecule has 194 valence electrons. The van der Waals surface area contributed by atoms with Gasteiger partial charge < -0.3 is 10.6 Å². The predicted molar refractivity (Wildman–Crippen MR) is 141 cm³/mol. The fourth-order valence-electron chi connectivity index (χ4n) is 4.71. The Balaban J connectivity index is 1.16. The summed E-state index contributed by atoms with van der Waals surface area (Å²) < 4.78 is 40.1. The number of aromatic nitrogens is 2. The van der Waals surface area contributed by atoms with Gasteiger partial charge in [-0.05, 0) is 68.0 Å². The number of rotatable bonds is 6. The van der Waals surface area contributed by atoms with Gasteiger partial charge in [0.2, 0.25) is 5.91 Å². The summed E-state index contributed by atoms with van der Waals surface area (Å²) in [6, 6.07) is 9.15. The van der Waals surface area contributed by atoms with Gasteiger partial charge in [0, 0.05) is 52.4 Å². The molecule has 5 rings (SSSR count). The molecule has 1 amide bonds. The molecule has 0 radical (unpaired) electrons. The largest absolute Gasteiger partial charge is 0.433 e.